The molecule has 2 aromatic rings. The van der Waals surface area contributed by atoms with Crippen LogP contribution < -0.4 is 0 Å². The van der Waals surface area contributed by atoms with E-state index < -0.39 is 11.9 Å². The summed E-state index contributed by atoms with van der Waals surface area (Å²) in [5.41, 5.74) is 1.41. The van der Waals surface area contributed by atoms with Gasteiger partial charge < -0.3 is 19.3 Å². The smallest absolute Gasteiger partial charge is 0.310 e. The Balaban J connectivity index is 2.48. The van der Waals surface area contributed by atoms with E-state index in [1.165, 1.54) is 21.3 Å². The molecule has 0 saturated carbocycles. The van der Waals surface area contributed by atoms with Gasteiger partial charge in [-0.25, -0.2) is 0 Å². The molecule has 1 atom stereocenters. The van der Waals surface area contributed by atoms with Crippen LogP contribution in [0.5, 0.6) is 0 Å². The average molecular weight is 376 g/mol. The summed E-state index contributed by atoms with van der Waals surface area (Å²) in [6.07, 6.45) is -0.792. The first-order chi connectivity index (χ1) is 12.5. The van der Waals surface area contributed by atoms with Gasteiger partial charge >= 0.3 is 5.97 Å². The van der Waals surface area contributed by atoms with Crippen molar-refractivity contribution >= 4 is 17.7 Å². The summed E-state index contributed by atoms with van der Waals surface area (Å²) < 4.78 is 15.8. The Hall–Kier alpha value is -1.86. The van der Waals surface area contributed by atoms with Gasteiger partial charge in [0, 0.05) is 29.6 Å². The number of methoxy groups -OCH3 is 3. The Kier molecular flexibility index (Phi) is 7.23. The lowest BCUT2D eigenvalue weighted by Crippen LogP contribution is -2.41. The van der Waals surface area contributed by atoms with Crippen molar-refractivity contribution in [2.75, 3.05) is 21.3 Å². The molecule has 0 fully saturated rings. The third kappa shape index (κ3) is 4.45. The number of benzene rings is 2. The highest BCUT2D eigenvalue weighted by Gasteiger charge is 2.38. The van der Waals surface area contributed by atoms with Gasteiger partial charge in [-0.2, -0.15) is 0 Å². The van der Waals surface area contributed by atoms with E-state index in [4.69, 9.17) is 14.2 Å². The minimum atomic E-state index is -1.30. The number of aliphatic hydroxyl groups excluding tert-OH is 1. The fourth-order valence-corrected chi connectivity index (χ4v) is 3.72. The van der Waals surface area contributed by atoms with Crippen LogP contribution in [0.2, 0.25) is 0 Å². The zero-order valence-electron chi connectivity index (χ0n) is 15.4. The highest BCUT2D eigenvalue weighted by atomic mass is 32.2. The SMILES string of the molecule is COC(=O)Cc1cc(C(OC)(OC)C(C)O)ccc1Sc1ccccc1. The van der Waals surface area contributed by atoms with Gasteiger partial charge in [0.1, 0.15) is 6.10 Å². The minimum absolute atomic E-state index is 0.114. The summed E-state index contributed by atoms with van der Waals surface area (Å²) in [5.74, 6) is -1.64. The third-order valence-corrected chi connectivity index (χ3v) is 5.28. The molecule has 26 heavy (non-hydrogen) atoms. The number of hydrogen-bond donors (Lipinski definition) is 1. The van der Waals surface area contributed by atoms with Gasteiger partial charge in [-0.05, 0) is 36.8 Å². The number of hydrogen-bond acceptors (Lipinski definition) is 6. The van der Waals surface area contributed by atoms with Crippen LogP contribution in [-0.2, 0) is 31.2 Å². The summed E-state index contributed by atoms with van der Waals surface area (Å²) in [7, 11) is 4.31. The second-order valence-electron chi connectivity index (χ2n) is 5.74. The van der Waals surface area contributed by atoms with E-state index >= 15 is 0 Å². The number of carbonyl (C=O) groups excluding carboxylic acids is 1. The molecule has 1 unspecified atom stereocenters. The lowest BCUT2D eigenvalue weighted by molar-refractivity contribution is -0.264. The van der Waals surface area contributed by atoms with E-state index in [9.17, 15) is 9.90 Å². The zero-order valence-corrected chi connectivity index (χ0v) is 16.2. The van der Waals surface area contributed by atoms with Gasteiger partial charge in [-0.15, -0.1) is 0 Å². The molecule has 2 rings (SSSR count). The Morgan fingerprint density at radius 3 is 2.31 bits per heavy atom. The number of carbonyl (C=O) groups is 1. The molecule has 6 heteroatoms. The fourth-order valence-electron chi connectivity index (χ4n) is 2.78. The first kappa shape index (κ1) is 20.5. The maximum atomic E-state index is 11.9. The first-order valence-corrected chi connectivity index (χ1v) is 9.00. The molecule has 2 aromatic carbocycles. The molecule has 0 spiro atoms. The lowest BCUT2D eigenvalue weighted by atomic mass is 9.97. The predicted octanol–water partition coefficient (Wildman–Crippen LogP) is 3.38. The van der Waals surface area contributed by atoms with Gasteiger partial charge in [0.2, 0.25) is 5.79 Å². The normalized spacial score (nSPS) is 12.7. The van der Waals surface area contributed by atoms with Crippen molar-refractivity contribution < 1.29 is 24.1 Å². The molecule has 140 valence electrons. The van der Waals surface area contributed by atoms with Crippen molar-refractivity contribution in [2.24, 2.45) is 0 Å². The van der Waals surface area contributed by atoms with Crippen molar-refractivity contribution in [1.29, 1.82) is 0 Å². The predicted molar refractivity (Wildman–Crippen MR) is 100 cm³/mol. The van der Waals surface area contributed by atoms with E-state index in [-0.39, 0.29) is 12.4 Å². The van der Waals surface area contributed by atoms with Crippen LogP contribution in [0.3, 0.4) is 0 Å². The van der Waals surface area contributed by atoms with Crippen molar-refractivity contribution in [3.63, 3.8) is 0 Å². The summed E-state index contributed by atoms with van der Waals surface area (Å²) in [6.45, 7) is 1.60. The summed E-state index contributed by atoms with van der Waals surface area (Å²) in [6, 6.07) is 15.5. The Labute approximate surface area is 158 Å². The topological polar surface area (TPSA) is 65.0 Å². The number of esters is 1. The summed E-state index contributed by atoms with van der Waals surface area (Å²) in [4.78, 5) is 13.9. The second kappa shape index (κ2) is 9.19. The molecule has 0 bridgehead atoms. The van der Waals surface area contributed by atoms with Gasteiger partial charge in [0.05, 0.1) is 13.5 Å². The monoisotopic (exact) mass is 376 g/mol. The van der Waals surface area contributed by atoms with E-state index in [0.29, 0.717) is 5.56 Å². The number of ether oxygens (including phenoxy) is 3. The van der Waals surface area contributed by atoms with Crippen molar-refractivity contribution in [3.8, 4) is 0 Å². The van der Waals surface area contributed by atoms with Gasteiger partial charge in [0.25, 0.3) is 0 Å². The molecule has 0 heterocycles. The standard InChI is InChI=1S/C20H24O5S/c1-14(21)20(24-3,25-4)16-10-11-18(15(12-16)13-19(22)23-2)26-17-8-6-5-7-9-17/h5-12,14,21H,13H2,1-4H3. The Bertz CT molecular complexity index is 726. The number of aliphatic hydroxyl groups is 1. The molecule has 0 aromatic heterocycles. The first-order valence-electron chi connectivity index (χ1n) is 8.18. The van der Waals surface area contributed by atoms with Gasteiger partial charge in [0.15, 0.2) is 0 Å². The Morgan fingerprint density at radius 1 is 1.12 bits per heavy atom. The van der Waals surface area contributed by atoms with Crippen LogP contribution in [0.15, 0.2) is 58.3 Å². The molecule has 1 N–H and O–H groups in total. The largest absolute Gasteiger partial charge is 0.469 e. The van der Waals surface area contributed by atoms with Crippen molar-refractivity contribution in [3.05, 3.63) is 59.7 Å². The third-order valence-electron chi connectivity index (χ3n) is 4.15. The fraction of sp³-hybridized carbons (Fsp3) is 0.350. The maximum Gasteiger partial charge on any atom is 0.310 e. The maximum absolute atomic E-state index is 11.9. The quantitative estimate of drug-likeness (QED) is 0.563. The molecule has 0 amide bonds. The summed E-state index contributed by atoms with van der Waals surface area (Å²) in [5, 5.41) is 10.2. The van der Waals surface area contributed by atoms with Crippen LogP contribution in [0, 0.1) is 0 Å². The molecule has 5 nitrogen and oxygen atoms in total. The molecule has 0 aliphatic rings. The van der Waals surface area contributed by atoms with Crippen molar-refractivity contribution in [2.45, 2.75) is 35.0 Å². The molecule has 0 aliphatic heterocycles. The highest BCUT2D eigenvalue weighted by molar-refractivity contribution is 7.99. The van der Waals surface area contributed by atoms with E-state index in [1.54, 1.807) is 18.7 Å². The van der Waals surface area contributed by atoms with Crippen LogP contribution in [0.1, 0.15) is 18.1 Å². The molecule has 0 aliphatic carbocycles. The van der Waals surface area contributed by atoms with Crippen LogP contribution >= 0.6 is 11.8 Å². The minimum Gasteiger partial charge on any atom is -0.469 e. The zero-order chi connectivity index (χ0) is 19.2. The van der Waals surface area contributed by atoms with Gasteiger partial charge in [-0.1, -0.05) is 36.0 Å². The summed E-state index contributed by atoms with van der Waals surface area (Å²) >= 11 is 1.56. The lowest BCUT2D eigenvalue weighted by Gasteiger charge is -2.34. The highest BCUT2D eigenvalue weighted by Crippen LogP contribution is 2.36. The van der Waals surface area contributed by atoms with Gasteiger partial charge in [-0.3, -0.25) is 4.79 Å². The molecular formula is C20H24O5S. The van der Waals surface area contributed by atoms with Crippen molar-refractivity contribution in [1.82, 2.24) is 0 Å². The molecule has 0 radical (unpaired) electrons. The van der Waals surface area contributed by atoms with E-state index in [1.807, 2.05) is 48.5 Å². The van der Waals surface area contributed by atoms with Crippen LogP contribution in [0.25, 0.3) is 0 Å². The van der Waals surface area contributed by atoms with Crippen LogP contribution in [-0.4, -0.2) is 38.5 Å². The second-order valence-corrected chi connectivity index (χ2v) is 6.86. The molecule has 0 saturated heterocycles. The average Bonchev–Trinajstić information content (AvgIpc) is 2.65. The Morgan fingerprint density at radius 2 is 1.77 bits per heavy atom. The van der Waals surface area contributed by atoms with E-state index in [0.717, 1.165) is 15.4 Å². The van der Waals surface area contributed by atoms with Crippen LogP contribution in [0.4, 0.5) is 0 Å². The molecular weight excluding hydrogens is 352 g/mol. The van der Waals surface area contributed by atoms with E-state index in [2.05, 4.69) is 0 Å². The number of rotatable bonds is 8.